The molecule has 1 fully saturated rings. The molecule has 1 aliphatic rings. The second-order valence-electron chi connectivity index (χ2n) is 4.66. The summed E-state index contributed by atoms with van der Waals surface area (Å²) in [5.41, 5.74) is 6.25. The van der Waals surface area contributed by atoms with Crippen LogP contribution < -0.4 is 5.73 Å². The maximum absolute atomic E-state index is 12.3. The molecule has 1 aliphatic heterocycles. The minimum atomic E-state index is -0.973. The molecule has 0 aliphatic carbocycles. The standard InChI is InChI=1S/C12H17N3O4S/c1-7-10(20-12(13)14-7)11(18)15-4-2-8(3-5-15)19-6-9(16)17/h8H,2-6H2,1H3,(H2,13,14)(H,16,17). The number of nitrogen functional groups attached to an aromatic ring is 1. The van der Waals surface area contributed by atoms with Gasteiger partial charge in [0.25, 0.3) is 5.91 Å². The number of carbonyl (C=O) groups excluding carboxylic acids is 1. The molecule has 0 aromatic carbocycles. The van der Waals surface area contributed by atoms with E-state index in [1.54, 1.807) is 11.8 Å². The van der Waals surface area contributed by atoms with Crippen LogP contribution in [0.15, 0.2) is 0 Å². The molecular weight excluding hydrogens is 282 g/mol. The Kier molecular flexibility index (Phi) is 4.56. The number of carboxylic acid groups (broad SMARTS) is 1. The van der Waals surface area contributed by atoms with Crippen LogP contribution >= 0.6 is 11.3 Å². The molecule has 1 amide bonds. The van der Waals surface area contributed by atoms with E-state index in [1.165, 1.54) is 11.3 Å². The van der Waals surface area contributed by atoms with E-state index in [4.69, 9.17) is 15.6 Å². The van der Waals surface area contributed by atoms with Gasteiger partial charge in [-0.15, -0.1) is 0 Å². The fourth-order valence-corrected chi connectivity index (χ4v) is 2.98. The number of amides is 1. The van der Waals surface area contributed by atoms with Gasteiger partial charge in [0.1, 0.15) is 11.5 Å². The summed E-state index contributed by atoms with van der Waals surface area (Å²) >= 11 is 1.20. The van der Waals surface area contributed by atoms with Crippen molar-refractivity contribution in [3.63, 3.8) is 0 Å². The van der Waals surface area contributed by atoms with Crippen molar-refractivity contribution < 1.29 is 19.4 Å². The van der Waals surface area contributed by atoms with Gasteiger partial charge in [-0.25, -0.2) is 9.78 Å². The van der Waals surface area contributed by atoms with Crippen LogP contribution in [-0.2, 0) is 9.53 Å². The molecule has 0 radical (unpaired) electrons. The molecule has 1 aromatic heterocycles. The molecule has 7 nitrogen and oxygen atoms in total. The average Bonchev–Trinajstić information content (AvgIpc) is 2.75. The zero-order valence-electron chi connectivity index (χ0n) is 11.2. The molecule has 110 valence electrons. The predicted octanol–water partition coefficient (Wildman–Crippen LogP) is 0.740. The number of rotatable bonds is 4. The normalized spacial score (nSPS) is 16.4. The summed E-state index contributed by atoms with van der Waals surface area (Å²) in [6.07, 6.45) is 1.20. The Hall–Kier alpha value is -1.67. The fraction of sp³-hybridized carbons (Fsp3) is 0.583. The molecule has 1 saturated heterocycles. The number of thiazole rings is 1. The number of hydrogen-bond donors (Lipinski definition) is 2. The summed E-state index contributed by atoms with van der Waals surface area (Å²) in [5.74, 6) is -1.03. The highest BCUT2D eigenvalue weighted by molar-refractivity contribution is 7.17. The van der Waals surface area contributed by atoms with Crippen molar-refractivity contribution in [2.75, 3.05) is 25.4 Å². The maximum atomic E-state index is 12.3. The van der Waals surface area contributed by atoms with Crippen LogP contribution in [-0.4, -0.2) is 52.7 Å². The van der Waals surface area contributed by atoms with Crippen molar-refractivity contribution in [2.45, 2.75) is 25.9 Å². The SMILES string of the molecule is Cc1nc(N)sc1C(=O)N1CCC(OCC(=O)O)CC1. The van der Waals surface area contributed by atoms with Gasteiger partial charge in [0.05, 0.1) is 11.8 Å². The lowest BCUT2D eigenvalue weighted by Gasteiger charge is -2.31. The van der Waals surface area contributed by atoms with Crippen LogP contribution in [0.3, 0.4) is 0 Å². The number of anilines is 1. The fourth-order valence-electron chi connectivity index (χ4n) is 2.17. The van der Waals surface area contributed by atoms with Gasteiger partial charge in [-0.05, 0) is 19.8 Å². The van der Waals surface area contributed by atoms with E-state index >= 15 is 0 Å². The number of nitrogens with zero attached hydrogens (tertiary/aromatic N) is 2. The summed E-state index contributed by atoms with van der Waals surface area (Å²) in [6, 6.07) is 0. The first-order valence-electron chi connectivity index (χ1n) is 6.33. The van der Waals surface area contributed by atoms with Crippen molar-refractivity contribution in [3.8, 4) is 0 Å². The summed E-state index contributed by atoms with van der Waals surface area (Å²) in [5, 5.41) is 8.95. The quantitative estimate of drug-likeness (QED) is 0.849. The Morgan fingerprint density at radius 3 is 2.65 bits per heavy atom. The lowest BCUT2D eigenvalue weighted by Crippen LogP contribution is -2.41. The number of carboxylic acids is 1. The minimum Gasteiger partial charge on any atom is -0.480 e. The van der Waals surface area contributed by atoms with E-state index in [0.29, 0.717) is 41.6 Å². The Bertz CT molecular complexity index is 509. The molecule has 3 N–H and O–H groups in total. The average molecular weight is 299 g/mol. The van der Waals surface area contributed by atoms with Crippen LogP contribution in [0.1, 0.15) is 28.2 Å². The Morgan fingerprint density at radius 2 is 2.15 bits per heavy atom. The lowest BCUT2D eigenvalue weighted by molar-refractivity contribution is -0.145. The molecular formula is C12H17N3O4S. The van der Waals surface area contributed by atoms with Crippen molar-refractivity contribution in [1.82, 2.24) is 9.88 Å². The van der Waals surface area contributed by atoms with Gasteiger partial charge < -0.3 is 20.5 Å². The molecule has 1 aromatic rings. The first kappa shape index (κ1) is 14.7. The van der Waals surface area contributed by atoms with Gasteiger partial charge in [0.15, 0.2) is 5.13 Å². The third-order valence-corrected chi connectivity index (χ3v) is 4.15. The van der Waals surface area contributed by atoms with Crippen molar-refractivity contribution in [1.29, 1.82) is 0 Å². The number of aryl methyl sites for hydroxylation is 1. The highest BCUT2D eigenvalue weighted by Gasteiger charge is 2.26. The van der Waals surface area contributed by atoms with Crippen LogP contribution in [0.2, 0.25) is 0 Å². The van der Waals surface area contributed by atoms with Crippen LogP contribution in [0, 0.1) is 6.92 Å². The van der Waals surface area contributed by atoms with E-state index in [9.17, 15) is 9.59 Å². The number of hydrogen-bond acceptors (Lipinski definition) is 6. The molecule has 0 saturated carbocycles. The number of aliphatic carboxylic acids is 1. The Labute approximate surface area is 120 Å². The number of piperidine rings is 1. The smallest absolute Gasteiger partial charge is 0.329 e. The number of carbonyl (C=O) groups is 2. The summed E-state index contributed by atoms with van der Waals surface area (Å²) in [7, 11) is 0. The third-order valence-electron chi connectivity index (χ3n) is 3.18. The third kappa shape index (κ3) is 3.45. The van der Waals surface area contributed by atoms with Crippen molar-refractivity contribution >= 4 is 28.3 Å². The van der Waals surface area contributed by atoms with Gasteiger partial charge in [-0.3, -0.25) is 4.79 Å². The molecule has 0 unspecified atom stereocenters. The van der Waals surface area contributed by atoms with Crippen molar-refractivity contribution in [3.05, 3.63) is 10.6 Å². The minimum absolute atomic E-state index is 0.0617. The van der Waals surface area contributed by atoms with E-state index < -0.39 is 5.97 Å². The van der Waals surface area contributed by atoms with E-state index in [0.717, 1.165) is 0 Å². The maximum Gasteiger partial charge on any atom is 0.329 e. The zero-order chi connectivity index (χ0) is 14.7. The number of likely N-dealkylation sites (tertiary alicyclic amines) is 1. The number of ether oxygens (including phenoxy) is 1. The first-order valence-corrected chi connectivity index (χ1v) is 7.14. The second-order valence-corrected chi connectivity index (χ2v) is 5.69. The molecule has 2 heterocycles. The van der Waals surface area contributed by atoms with E-state index in [1.807, 2.05) is 0 Å². The van der Waals surface area contributed by atoms with E-state index in [-0.39, 0.29) is 18.6 Å². The van der Waals surface area contributed by atoms with Gasteiger partial charge in [-0.1, -0.05) is 11.3 Å². The molecule has 0 bridgehead atoms. The summed E-state index contributed by atoms with van der Waals surface area (Å²) in [4.78, 5) is 29.1. The Morgan fingerprint density at radius 1 is 1.50 bits per heavy atom. The van der Waals surface area contributed by atoms with Crippen LogP contribution in [0.5, 0.6) is 0 Å². The second kappa shape index (κ2) is 6.19. The topological polar surface area (TPSA) is 106 Å². The summed E-state index contributed by atoms with van der Waals surface area (Å²) < 4.78 is 5.24. The molecule has 0 atom stereocenters. The number of nitrogens with two attached hydrogens (primary N) is 1. The first-order chi connectivity index (χ1) is 9.47. The lowest BCUT2D eigenvalue weighted by atomic mass is 10.1. The molecule has 2 rings (SSSR count). The van der Waals surface area contributed by atoms with Gasteiger partial charge in [0.2, 0.25) is 0 Å². The number of aromatic nitrogens is 1. The van der Waals surface area contributed by atoms with Crippen molar-refractivity contribution in [2.24, 2.45) is 0 Å². The summed E-state index contributed by atoms with van der Waals surface area (Å²) in [6.45, 7) is 2.59. The monoisotopic (exact) mass is 299 g/mol. The molecule has 0 spiro atoms. The highest BCUT2D eigenvalue weighted by atomic mass is 32.1. The largest absolute Gasteiger partial charge is 0.480 e. The highest BCUT2D eigenvalue weighted by Crippen LogP contribution is 2.23. The Balaban J connectivity index is 1.89. The van der Waals surface area contributed by atoms with Crippen LogP contribution in [0.4, 0.5) is 5.13 Å². The molecule has 8 heteroatoms. The van der Waals surface area contributed by atoms with Gasteiger partial charge >= 0.3 is 5.97 Å². The van der Waals surface area contributed by atoms with E-state index in [2.05, 4.69) is 4.98 Å². The van der Waals surface area contributed by atoms with Gasteiger partial charge in [-0.2, -0.15) is 0 Å². The predicted molar refractivity (Wildman–Crippen MR) is 73.8 cm³/mol. The zero-order valence-corrected chi connectivity index (χ0v) is 12.0. The molecule has 20 heavy (non-hydrogen) atoms. The van der Waals surface area contributed by atoms with Crippen LogP contribution in [0.25, 0.3) is 0 Å². The van der Waals surface area contributed by atoms with Gasteiger partial charge in [0, 0.05) is 13.1 Å².